The van der Waals surface area contributed by atoms with Gasteiger partial charge in [-0.25, -0.2) is 4.39 Å². The van der Waals surface area contributed by atoms with Gasteiger partial charge >= 0.3 is 0 Å². The van der Waals surface area contributed by atoms with Crippen LogP contribution in [0.1, 0.15) is 16.7 Å². The first-order chi connectivity index (χ1) is 13.2. The molecule has 28 heavy (non-hydrogen) atoms. The van der Waals surface area contributed by atoms with Crippen molar-refractivity contribution in [3.63, 3.8) is 0 Å². The number of amides is 1. The highest BCUT2D eigenvalue weighted by molar-refractivity contribution is 6.76. The summed E-state index contributed by atoms with van der Waals surface area (Å²) in [4.78, 5) is 14.7. The van der Waals surface area contributed by atoms with Gasteiger partial charge in [0, 0.05) is 30.8 Å². The zero-order valence-corrected chi connectivity index (χ0v) is 18.4. The van der Waals surface area contributed by atoms with Gasteiger partial charge in [0.2, 0.25) is 0 Å². The van der Waals surface area contributed by atoms with Crippen LogP contribution in [0.3, 0.4) is 0 Å². The maximum absolute atomic E-state index is 13.7. The lowest BCUT2D eigenvalue weighted by molar-refractivity contribution is -0.114. The average Bonchev–Trinajstić information content (AvgIpc) is 2.85. The minimum Gasteiger partial charge on any atom is -0.361 e. The number of carbonyl (C=O) groups excluding carboxylic acids is 1. The van der Waals surface area contributed by atoms with Gasteiger partial charge in [0.15, 0.2) is 0 Å². The molecule has 0 aromatic heterocycles. The van der Waals surface area contributed by atoms with Gasteiger partial charge in [-0.05, 0) is 54.4 Å². The molecule has 0 fully saturated rings. The van der Waals surface area contributed by atoms with E-state index in [1.54, 1.807) is 29.2 Å². The minimum absolute atomic E-state index is 0.158. The van der Waals surface area contributed by atoms with Crippen molar-refractivity contribution in [2.75, 3.05) is 18.2 Å². The molecule has 0 saturated heterocycles. The highest BCUT2D eigenvalue weighted by Crippen LogP contribution is 2.39. The second-order valence-corrected chi connectivity index (χ2v) is 14.4. The summed E-state index contributed by atoms with van der Waals surface area (Å²) in [5.41, 5.74) is 3.62. The third-order valence-corrected chi connectivity index (χ3v) is 6.71. The van der Waals surface area contributed by atoms with Crippen LogP contribution < -0.4 is 4.90 Å². The van der Waals surface area contributed by atoms with E-state index < -0.39 is 8.07 Å². The van der Waals surface area contributed by atoms with E-state index in [1.165, 1.54) is 12.1 Å². The molecule has 0 saturated carbocycles. The highest BCUT2D eigenvalue weighted by atomic mass is 35.5. The van der Waals surface area contributed by atoms with E-state index in [0.29, 0.717) is 22.8 Å². The Morgan fingerprint density at radius 2 is 1.93 bits per heavy atom. The van der Waals surface area contributed by atoms with Crippen LogP contribution in [0.15, 0.2) is 36.4 Å². The van der Waals surface area contributed by atoms with E-state index in [-0.39, 0.29) is 18.5 Å². The van der Waals surface area contributed by atoms with Crippen LogP contribution in [0.2, 0.25) is 30.7 Å². The van der Waals surface area contributed by atoms with Crippen molar-refractivity contribution in [2.45, 2.75) is 32.6 Å². The molecule has 0 aliphatic carbocycles. The van der Waals surface area contributed by atoms with Gasteiger partial charge in [0.1, 0.15) is 12.5 Å². The van der Waals surface area contributed by atoms with Crippen LogP contribution in [-0.4, -0.2) is 27.3 Å². The number of carbonyl (C=O) groups is 1. The maximum Gasteiger partial charge on any atom is 0.260 e. The van der Waals surface area contributed by atoms with Gasteiger partial charge in [0.05, 0.1) is 5.69 Å². The lowest BCUT2D eigenvalue weighted by Gasteiger charge is -2.20. The topological polar surface area (TPSA) is 29.5 Å². The zero-order valence-electron chi connectivity index (χ0n) is 16.7. The molecule has 1 aliphatic heterocycles. The molecule has 0 radical (unpaired) electrons. The molecule has 0 N–H and O–H groups in total. The second-order valence-electron chi connectivity index (χ2n) is 8.30. The Labute approximate surface area is 171 Å². The van der Waals surface area contributed by atoms with Crippen LogP contribution in [0.5, 0.6) is 0 Å². The Hall–Kier alpha value is -1.95. The van der Waals surface area contributed by atoms with E-state index in [0.717, 1.165) is 22.9 Å². The monoisotopic (exact) mass is 417 g/mol. The predicted molar refractivity (Wildman–Crippen MR) is 117 cm³/mol. The van der Waals surface area contributed by atoms with Crippen LogP contribution in [0.25, 0.3) is 11.6 Å². The van der Waals surface area contributed by atoms with E-state index in [2.05, 4.69) is 19.6 Å². The molecular weight excluding hydrogens is 393 g/mol. The molecule has 0 atom stereocenters. The number of nitrogens with zero attached hydrogens (tertiary/aromatic N) is 1. The Kier molecular flexibility index (Phi) is 6.08. The first-order valence-electron chi connectivity index (χ1n) is 9.33. The number of aryl methyl sites for hydroxylation is 1. The Morgan fingerprint density at radius 3 is 2.64 bits per heavy atom. The number of anilines is 1. The summed E-state index contributed by atoms with van der Waals surface area (Å²) < 4.78 is 19.5. The Balaban J connectivity index is 1.90. The van der Waals surface area contributed by atoms with Gasteiger partial charge in [-0.15, -0.1) is 0 Å². The van der Waals surface area contributed by atoms with Crippen molar-refractivity contribution < 1.29 is 13.9 Å². The van der Waals surface area contributed by atoms with Gasteiger partial charge in [0.25, 0.3) is 5.91 Å². The number of ether oxygens (including phenoxy) is 1. The van der Waals surface area contributed by atoms with E-state index in [1.807, 2.05) is 13.0 Å². The van der Waals surface area contributed by atoms with Gasteiger partial charge in [-0.1, -0.05) is 43.4 Å². The molecule has 0 spiro atoms. The fraction of sp³-hybridized carbons (Fsp3) is 0.318. The average molecular weight is 418 g/mol. The summed E-state index contributed by atoms with van der Waals surface area (Å²) in [6.07, 6.45) is 1.75. The van der Waals surface area contributed by atoms with Crippen molar-refractivity contribution in [2.24, 2.45) is 0 Å². The lowest BCUT2D eigenvalue weighted by atomic mass is 10.0. The number of benzene rings is 2. The quantitative estimate of drug-likeness (QED) is 0.328. The zero-order chi connectivity index (χ0) is 20.5. The normalized spacial score (nSPS) is 15.4. The molecule has 1 aliphatic rings. The molecule has 0 bridgehead atoms. The summed E-state index contributed by atoms with van der Waals surface area (Å²) in [5, 5.41) is 0.557. The molecule has 3 nitrogen and oxygen atoms in total. The number of hydrogen-bond donors (Lipinski definition) is 0. The molecule has 1 heterocycles. The van der Waals surface area contributed by atoms with Gasteiger partial charge in [-0.2, -0.15) is 0 Å². The van der Waals surface area contributed by atoms with Crippen LogP contribution in [-0.2, 0) is 9.53 Å². The predicted octanol–water partition coefficient (Wildman–Crippen LogP) is 5.99. The number of halogens is 2. The summed E-state index contributed by atoms with van der Waals surface area (Å²) in [5.74, 6) is -0.486. The van der Waals surface area contributed by atoms with Crippen molar-refractivity contribution in [3.05, 3.63) is 63.9 Å². The molecule has 2 aromatic carbocycles. The second kappa shape index (κ2) is 8.19. The Bertz CT molecular complexity index is 937. The molecular formula is C22H25ClFNO2Si. The largest absolute Gasteiger partial charge is 0.361 e. The molecule has 148 valence electrons. The van der Waals surface area contributed by atoms with Crippen molar-refractivity contribution in [3.8, 4) is 0 Å². The SMILES string of the molecule is Cc1ccc(F)cc1/C=C1\C(=O)N(COCC[Si](C)(C)C)c2cc(Cl)ccc21. The standard InChI is InChI=1S/C22H25ClFNO2Si/c1-15-5-7-18(24)11-16(15)12-20-19-8-6-17(23)13-21(19)25(22(20)26)14-27-9-10-28(2,3)4/h5-8,11-13H,9-10,14H2,1-4H3/b20-12-. The van der Waals surface area contributed by atoms with E-state index >= 15 is 0 Å². The van der Waals surface area contributed by atoms with E-state index in [9.17, 15) is 9.18 Å². The van der Waals surface area contributed by atoms with Gasteiger partial charge in [-0.3, -0.25) is 9.69 Å². The summed E-state index contributed by atoms with van der Waals surface area (Å²) >= 11 is 6.17. The lowest BCUT2D eigenvalue weighted by Crippen LogP contribution is -2.30. The highest BCUT2D eigenvalue weighted by Gasteiger charge is 2.32. The van der Waals surface area contributed by atoms with Gasteiger partial charge < -0.3 is 4.74 Å². The maximum atomic E-state index is 13.7. The fourth-order valence-corrected chi connectivity index (χ4v) is 3.97. The van der Waals surface area contributed by atoms with Crippen LogP contribution in [0, 0.1) is 12.7 Å². The first-order valence-corrected chi connectivity index (χ1v) is 13.4. The summed E-state index contributed by atoms with van der Waals surface area (Å²) in [6.45, 7) is 9.55. The smallest absolute Gasteiger partial charge is 0.260 e. The molecule has 1 amide bonds. The molecule has 0 unspecified atom stereocenters. The van der Waals surface area contributed by atoms with Crippen molar-refractivity contribution in [1.82, 2.24) is 0 Å². The van der Waals surface area contributed by atoms with Crippen molar-refractivity contribution >= 4 is 42.9 Å². The Morgan fingerprint density at radius 1 is 1.18 bits per heavy atom. The summed E-state index contributed by atoms with van der Waals surface area (Å²) in [7, 11) is -1.20. The number of hydrogen-bond acceptors (Lipinski definition) is 2. The fourth-order valence-electron chi connectivity index (χ4n) is 3.05. The van der Waals surface area contributed by atoms with Crippen molar-refractivity contribution in [1.29, 1.82) is 0 Å². The third kappa shape index (κ3) is 4.72. The van der Waals surface area contributed by atoms with Crippen LogP contribution in [0.4, 0.5) is 10.1 Å². The number of fused-ring (bicyclic) bond motifs is 1. The first kappa shape index (κ1) is 20.8. The molecule has 3 rings (SSSR count). The summed E-state index contributed by atoms with van der Waals surface area (Å²) in [6, 6.07) is 11.0. The molecule has 6 heteroatoms. The minimum atomic E-state index is -1.20. The third-order valence-electron chi connectivity index (χ3n) is 4.77. The van der Waals surface area contributed by atoms with E-state index in [4.69, 9.17) is 16.3 Å². The number of rotatable bonds is 6. The van der Waals surface area contributed by atoms with Crippen LogP contribution >= 0.6 is 11.6 Å². The molecule has 2 aromatic rings.